The molecule has 1 rings (SSSR count). The minimum absolute atomic E-state index is 0.0997. The number of rotatable bonds is 4. The smallest absolute Gasteiger partial charge is 0.238 e. The standard InChI is InChI=1S/C11H14N2O2S/c1-3-4-9(2)13-10-5-7-11(8-6-10)16(12,14)15/h1,5-9,13H,4H2,2H3,(H2,12,14,15). The summed E-state index contributed by atoms with van der Waals surface area (Å²) >= 11 is 0. The van der Waals surface area contributed by atoms with Gasteiger partial charge < -0.3 is 5.32 Å². The third-order valence-electron chi connectivity index (χ3n) is 2.02. The molecule has 0 bridgehead atoms. The van der Waals surface area contributed by atoms with E-state index in [2.05, 4.69) is 11.2 Å². The van der Waals surface area contributed by atoms with Crippen LogP contribution in [-0.4, -0.2) is 14.5 Å². The SMILES string of the molecule is C#CCC(C)Nc1ccc(S(N)(=O)=O)cc1. The number of primary sulfonamides is 1. The highest BCUT2D eigenvalue weighted by atomic mass is 32.2. The highest BCUT2D eigenvalue weighted by Crippen LogP contribution is 2.14. The summed E-state index contributed by atoms with van der Waals surface area (Å²) in [6.07, 6.45) is 5.79. The van der Waals surface area contributed by atoms with Crippen LogP contribution in [0.5, 0.6) is 0 Å². The first kappa shape index (κ1) is 12.6. The molecule has 0 spiro atoms. The molecule has 0 radical (unpaired) electrons. The summed E-state index contributed by atoms with van der Waals surface area (Å²) in [5.41, 5.74) is 0.815. The zero-order chi connectivity index (χ0) is 12.2. The van der Waals surface area contributed by atoms with E-state index in [1.165, 1.54) is 12.1 Å². The van der Waals surface area contributed by atoms with Gasteiger partial charge in [0, 0.05) is 18.2 Å². The highest BCUT2D eigenvalue weighted by Gasteiger charge is 2.07. The van der Waals surface area contributed by atoms with E-state index in [0.717, 1.165) is 5.69 Å². The second-order valence-electron chi connectivity index (χ2n) is 3.52. The summed E-state index contributed by atoms with van der Waals surface area (Å²) in [4.78, 5) is 0.0997. The summed E-state index contributed by atoms with van der Waals surface area (Å²) < 4.78 is 22.0. The monoisotopic (exact) mass is 238 g/mol. The number of terminal acetylenes is 1. The minimum atomic E-state index is -3.62. The lowest BCUT2D eigenvalue weighted by molar-refractivity contribution is 0.598. The van der Waals surface area contributed by atoms with Gasteiger partial charge in [-0.05, 0) is 31.2 Å². The lowest BCUT2D eigenvalue weighted by atomic mass is 10.2. The van der Waals surface area contributed by atoms with Crippen molar-refractivity contribution < 1.29 is 8.42 Å². The summed E-state index contributed by atoms with van der Waals surface area (Å²) in [6, 6.07) is 6.38. The Morgan fingerprint density at radius 1 is 1.44 bits per heavy atom. The fourth-order valence-electron chi connectivity index (χ4n) is 1.25. The normalized spacial score (nSPS) is 12.8. The Labute approximate surface area is 95.9 Å². The van der Waals surface area contributed by atoms with Crippen molar-refractivity contribution in [2.75, 3.05) is 5.32 Å². The Morgan fingerprint density at radius 2 is 2.00 bits per heavy atom. The van der Waals surface area contributed by atoms with Crippen molar-refractivity contribution in [2.24, 2.45) is 5.14 Å². The zero-order valence-electron chi connectivity index (χ0n) is 8.97. The Morgan fingerprint density at radius 3 is 2.44 bits per heavy atom. The van der Waals surface area contributed by atoms with Gasteiger partial charge in [0.25, 0.3) is 0 Å². The second-order valence-corrected chi connectivity index (χ2v) is 5.08. The maximum atomic E-state index is 11.0. The quantitative estimate of drug-likeness (QED) is 0.773. The predicted molar refractivity (Wildman–Crippen MR) is 64.3 cm³/mol. The molecule has 4 nitrogen and oxygen atoms in total. The van der Waals surface area contributed by atoms with Crippen LogP contribution in [0, 0.1) is 12.3 Å². The molecule has 0 aliphatic carbocycles. The average molecular weight is 238 g/mol. The third-order valence-corrected chi connectivity index (χ3v) is 2.95. The van der Waals surface area contributed by atoms with Crippen molar-refractivity contribution in [1.29, 1.82) is 0 Å². The van der Waals surface area contributed by atoms with Gasteiger partial charge in [0.2, 0.25) is 10.0 Å². The second kappa shape index (κ2) is 5.01. The van der Waals surface area contributed by atoms with Crippen LogP contribution in [0.25, 0.3) is 0 Å². The van der Waals surface area contributed by atoms with E-state index >= 15 is 0 Å². The van der Waals surface area contributed by atoms with Crippen molar-refractivity contribution in [3.63, 3.8) is 0 Å². The molecular weight excluding hydrogens is 224 g/mol. The van der Waals surface area contributed by atoms with Crippen molar-refractivity contribution in [1.82, 2.24) is 0 Å². The van der Waals surface area contributed by atoms with E-state index in [1.54, 1.807) is 12.1 Å². The van der Waals surface area contributed by atoms with Gasteiger partial charge in [-0.25, -0.2) is 13.6 Å². The summed E-state index contributed by atoms with van der Waals surface area (Å²) in [5.74, 6) is 2.54. The van der Waals surface area contributed by atoms with Crippen LogP contribution in [-0.2, 0) is 10.0 Å². The van der Waals surface area contributed by atoms with Crippen molar-refractivity contribution in [2.45, 2.75) is 24.3 Å². The summed E-state index contributed by atoms with van der Waals surface area (Å²) in [5, 5.41) is 8.12. The molecule has 1 aromatic carbocycles. The molecule has 1 atom stereocenters. The molecule has 0 aliphatic heterocycles. The van der Waals surface area contributed by atoms with Crippen LogP contribution in [0.2, 0.25) is 0 Å². The Hall–Kier alpha value is -1.51. The molecule has 0 fully saturated rings. The molecule has 3 N–H and O–H groups in total. The third kappa shape index (κ3) is 3.57. The van der Waals surface area contributed by atoms with Gasteiger partial charge in [-0.15, -0.1) is 12.3 Å². The van der Waals surface area contributed by atoms with E-state index in [-0.39, 0.29) is 10.9 Å². The number of sulfonamides is 1. The molecule has 0 saturated heterocycles. The van der Waals surface area contributed by atoms with Crippen molar-refractivity contribution >= 4 is 15.7 Å². The molecule has 0 heterocycles. The largest absolute Gasteiger partial charge is 0.382 e. The molecule has 86 valence electrons. The van der Waals surface area contributed by atoms with E-state index < -0.39 is 10.0 Å². The number of anilines is 1. The lowest BCUT2D eigenvalue weighted by Crippen LogP contribution is -2.15. The average Bonchev–Trinajstić information content (AvgIpc) is 2.17. The maximum Gasteiger partial charge on any atom is 0.238 e. The fraction of sp³-hybridized carbons (Fsp3) is 0.273. The molecule has 0 aliphatic rings. The molecule has 0 saturated carbocycles. The first-order valence-corrected chi connectivity index (χ1v) is 6.31. The number of hydrogen-bond donors (Lipinski definition) is 2. The minimum Gasteiger partial charge on any atom is -0.382 e. The predicted octanol–water partition coefficient (Wildman–Crippen LogP) is 1.16. The molecule has 0 aromatic heterocycles. The van der Waals surface area contributed by atoms with Gasteiger partial charge in [0.15, 0.2) is 0 Å². The van der Waals surface area contributed by atoms with Gasteiger partial charge in [0.1, 0.15) is 0 Å². The Kier molecular flexibility index (Phi) is 3.93. The van der Waals surface area contributed by atoms with E-state index in [4.69, 9.17) is 11.6 Å². The summed E-state index contributed by atoms with van der Waals surface area (Å²) in [7, 11) is -3.62. The molecule has 1 unspecified atom stereocenters. The van der Waals surface area contributed by atoms with Gasteiger partial charge in [-0.3, -0.25) is 0 Å². The lowest BCUT2D eigenvalue weighted by Gasteiger charge is -2.12. The molecule has 0 amide bonds. The van der Waals surface area contributed by atoms with Crippen LogP contribution in [0.4, 0.5) is 5.69 Å². The van der Waals surface area contributed by atoms with Crippen LogP contribution in [0.15, 0.2) is 29.2 Å². The van der Waals surface area contributed by atoms with Crippen molar-refractivity contribution in [3.8, 4) is 12.3 Å². The van der Waals surface area contributed by atoms with E-state index in [9.17, 15) is 8.42 Å². The van der Waals surface area contributed by atoms with Gasteiger partial charge in [0.05, 0.1) is 4.90 Å². The Bertz CT molecular complexity index is 486. The number of nitrogens with two attached hydrogens (primary N) is 1. The van der Waals surface area contributed by atoms with E-state index in [0.29, 0.717) is 6.42 Å². The van der Waals surface area contributed by atoms with Gasteiger partial charge in [-0.1, -0.05) is 0 Å². The van der Waals surface area contributed by atoms with Crippen LogP contribution in [0.3, 0.4) is 0 Å². The topological polar surface area (TPSA) is 72.2 Å². The fourth-order valence-corrected chi connectivity index (χ4v) is 1.77. The Balaban J connectivity index is 2.77. The number of nitrogens with one attached hydrogen (secondary N) is 1. The van der Waals surface area contributed by atoms with Crippen LogP contribution < -0.4 is 10.5 Å². The zero-order valence-corrected chi connectivity index (χ0v) is 9.79. The molecule has 5 heteroatoms. The maximum absolute atomic E-state index is 11.0. The van der Waals surface area contributed by atoms with Gasteiger partial charge >= 0.3 is 0 Å². The molecular formula is C11H14N2O2S. The first-order chi connectivity index (χ1) is 7.43. The first-order valence-electron chi connectivity index (χ1n) is 4.76. The van der Waals surface area contributed by atoms with Crippen LogP contribution >= 0.6 is 0 Å². The van der Waals surface area contributed by atoms with Gasteiger partial charge in [-0.2, -0.15) is 0 Å². The van der Waals surface area contributed by atoms with Crippen LogP contribution in [0.1, 0.15) is 13.3 Å². The van der Waals surface area contributed by atoms with Crippen molar-refractivity contribution in [3.05, 3.63) is 24.3 Å². The molecule has 1 aromatic rings. The number of hydrogen-bond acceptors (Lipinski definition) is 3. The number of benzene rings is 1. The summed E-state index contributed by atoms with van der Waals surface area (Å²) in [6.45, 7) is 1.95. The highest BCUT2D eigenvalue weighted by molar-refractivity contribution is 7.89. The molecule has 16 heavy (non-hydrogen) atoms. The van der Waals surface area contributed by atoms with E-state index in [1.807, 2.05) is 6.92 Å².